The summed E-state index contributed by atoms with van der Waals surface area (Å²) in [6, 6.07) is 2.83. The van der Waals surface area contributed by atoms with Gasteiger partial charge in [0.25, 0.3) is 11.8 Å². The fraction of sp³-hybridized carbons (Fsp3) is 0.727. The van der Waals surface area contributed by atoms with Crippen LogP contribution in [0.5, 0.6) is 0 Å². The van der Waals surface area contributed by atoms with Crippen LogP contribution in [0.4, 0.5) is 0 Å². The van der Waals surface area contributed by atoms with Crippen molar-refractivity contribution in [3.8, 4) is 0 Å². The molecule has 0 bridgehead atoms. The third kappa shape index (κ3) is 5.19. The Bertz CT molecular complexity index is 744. The van der Waals surface area contributed by atoms with Gasteiger partial charge in [0, 0.05) is 28.3 Å². The predicted octanol–water partition coefficient (Wildman–Crippen LogP) is -0.718. The smallest absolute Gasteiger partial charge is 0.278 e. The van der Waals surface area contributed by atoms with Crippen LogP contribution >= 0.6 is 11.3 Å². The second-order valence-corrected chi connectivity index (χ2v) is 11.1. The molecular weight excluding hydrogens is 384 g/mol. The van der Waals surface area contributed by atoms with Crippen molar-refractivity contribution >= 4 is 23.2 Å². The molecule has 1 aromatic rings. The standard InChI is InChI=1S/C22H34N4O2S/c1-22(2,3)23-19(27)14-24-9-11-25(12-10-24)20(28)15-26-8-6-18-17(7-13-29-18)21(26)16-4-5-16/h7,13,16,21H,4-6,8-12,14-15H2,1-3H3,(H,23,27)/p+2/t21-/m0/s1. The Kier molecular flexibility index (Phi) is 6.00. The van der Waals surface area contributed by atoms with Crippen LogP contribution in [0.25, 0.3) is 0 Å². The number of hydrogen-bond donors (Lipinski definition) is 3. The summed E-state index contributed by atoms with van der Waals surface area (Å²) in [7, 11) is 0. The zero-order valence-electron chi connectivity index (χ0n) is 18.1. The first-order valence-corrected chi connectivity index (χ1v) is 12.0. The van der Waals surface area contributed by atoms with Crippen LogP contribution in [0.1, 0.15) is 50.1 Å². The Morgan fingerprint density at radius 2 is 1.90 bits per heavy atom. The molecule has 4 rings (SSSR count). The van der Waals surface area contributed by atoms with Crippen molar-refractivity contribution in [2.24, 2.45) is 5.92 Å². The van der Waals surface area contributed by atoms with E-state index < -0.39 is 0 Å². The summed E-state index contributed by atoms with van der Waals surface area (Å²) >= 11 is 1.89. The maximum absolute atomic E-state index is 13.0. The zero-order valence-corrected chi connectivity index (χ0v) is 18.9. The Labute approximate surface area is 178 Å². The predicted molar refractivity (Wildman–Crippen MR) is 114 cm³/mol. The van der Waals surface area contributed by atoms with Crippen LogP contribution in [0, 0.1) is 5.92 Å². The van der Waals surface area contributed by atoms with Gasteiger partial charge in [0.15, 0.2) is 13.1 Å². The van der Waals surface area contributed by atoms with Crippen LogP contribution < -0.4 is 15.1 Å². The van der Waals surface area contributed by atoms with E-state index in [1.165, 1.54) is 28.2 Å². The number of amides is 2. The zero-order chi connectivity index (χ0) is 20.6. The SMILES string of the molecule is CC(C)(C)NC(=O)C[NH+]1CCN(C(=O)C[NH+]2CCc3sccc3[C@@H]2C2CC2)CC1. The topological polar surface area (TPSA) is 58.3 Å². The lowest BCUT2D eigenvalue weighted by atomic mass is 9.96. The Balaban J connectivity index is 1.28. The van der Waals surface area contributed by atoms with Gasteiger partial charge in [-0.25, -0.2) is 0 Å². The number of rotatable bonds is 5. The van der Waals surface area contributed by atoms with Gasteiger partial charge in [0.05, 0.1) is 32.7 Å². The van der Waals surface area contributed by atoms with Crippen LogP contribution in [-0.4, -0.2) is 68.1 Å². The number of fused-ring (bicyclic) bond motifs is 1. The van der Waals surface area contributed by atoms with Gasteiger partial charge in [0.1, 0.15) is 6.04 Å². The van der Waals surface area contributed by atoms with E-state index in [1.54, 1.807) is 4.88 Å². The van der Waals surface area contributed by atoms with Gasteiger partial charge in [-0.2, -0.15) is 0 Å². The highest BCUT2D eigenvalue weighted by molar-refractivity contribution is 7.10. The fourth-order valence-corrected chi connectivity index (χ4v) is 5.87. The molecule has 3 heterocycles. The van der Waals surface area contributed by atoms with E-state index in [4.69, 9.17) is 0 Å². The van der Waals surface area contributed by atoms with Gasteiger partial charge in [-0.15, -0.1) is 11.3 Å². The van der Waals surface area contributed by atoms with E-state index in [0.717, 1.165) is 45.1 Å². The van der Waals surface area contributed by atoms with Gasteiger partial charge in [-0.1, -0.05) is 0 Å². The highest BCUT2D eigenvalue weighted by Crippen LogP contribution is 2.42. The molecule has 0 aromatic carbocycles. The van der Waals surface area contributed by atoms with Crippen molar-refractivity contribution in [2.75, 3.05) is 45.8 Å². The second kappa shape index (κ2) is 8.36. The van der Waals surface area contributed by atoms with Crippen LogP contribution in [-0.2, 0) is 16.0 Å². The van der Waals surface area contributed by atoms with E-state index >= 15 is 0 Å². The number of nitrogens with one attached hydrogen (secondary N) is 3. The van der Waals surface area contributed by atoms with E-state index in [2.05, 4.69) is 16.8 Å². The Morgan fingerprint density at radius 1 is 1.17 bits per heavy atom. The number of thiophene rings is 1. The van der Waals surface area contributed by atoms with E-state index in [1.807, 2.05) is 37.0 Å². The highest BCUT2D eigenvalue weighted by atomic mass is 32.1. The number of quaternary nitrogens is 2. The monoisotopic (exact) mass is 420 g/mol. The summed E-state index contributed by atoms with van der Waals surface area (Å²) in [6.45, 7) is 11.5. The minimum atomic E-state index is -0.189. The minimum absolute atomic E-state index is 0.101. The summed E-state index contributed by atoms with van der Waals surface area (Å²) in [5.41, 5.74) is 1.33. The number of carbonyl (C=O) groups is 2. The van der Waals surface area contributed by atoms with Crippen LogP contribution in [0.2, 0.25) is 0 Å². The van der Waals surface area contributed by atoms with Crippen molar-refractivity contribution in [1.82, 2.24) is 10.2 Å². The van der Waals surface area contributed by atoms with Crippen molar-refractivity contribution in [3.05, 3.63) is 21.9 Å². The number of piperazine rings is 1. The third-order valence-corrected chi connectivity index (χ3v) is 7.44. The molecule has 160 valence electrons. The molecule has 1 aliphatic carbocycles. The fourth-order valence-electron chi connectivity index (χ4n) is 4.94. The molecule has 3 N–H and O–H groups in total. The number of nitrogens with zero attached hydrogens (tertiary/aromatic N) is 1. The lowest BCUT2D eigenvalue weighted by molar-refractivity contribution is -0.929. The first-order chi connectivity index (χ1) is 13.8. The number of hydrogen-bond acceptors (Lipinski definition) is 3. The molecule has 1 saturated heterocycles. The van der Waals surface area contributed by atoms with E-state index in [0.29, 0.717) is 25.0 Å². The summed E-state index contributed by atoms with van der Waals surface area (Å²) < 4.78 is 0. The third-order valence-electron chi connectivity index (χ3n) is 6.45. The van der Waals surface area contributed by atoms with Crippen molar-refractivity contribution < 1.29 is 19.4 Å². The molecule has 1 aromatic heterocycles. The quantitative estimate of drug-likeness (QED) is 0.589. The molecule has 6 nitrogen and oxygen atoms in total. The summed E-state index contributed by atoms with van der Waals surface area (Å²) in [4.78, 5) is 31.5. The average Bonchev–Trinajstić information content (AvgIpc) is 3.36. The summed E-state index contributed by atoms with van der Waals surface area (Å²) in [6.07, 6.45) is 3.74. The van der Waals surface area contributed by atoms with Gasteiger partial charge in [0.2, 0.25) is 0 Å². The molecule has 0 spiro atoms. The molecule has 7 heteroatoms. The summed E-state index contributed by atoms with van der Waals surface area (Å²) in [5, 5.41) is 5.26. The van der Waals surface area contributed by atoms with Gasteiger partial charge in [-0.3, -0.25) is 9.59 Å². The average molecular weight is 421 g/mol. The number of carbonyl (C=O) groups excluding carboxylic acids is 2. The van der Waals surface area contributed by atoms with Crippen molar-refractivity contribution in [2.45, 2.75) is 51.6 Å². The highest BCUT2D eigenvalue weighted by Gasteiger charge is 2.44. The lowest BCUT2D eigenvalue weighted by Gasteiger charge is -2.36. The minimum Gasteiger partial charge on any atom is -0.347 e. The van der Waals surface area contributed by atoms with Gasteiger partial charge >= 0.3 is 0 Å². The molecular formula is C22H36N4O2S+2. The molecule has 1 saturated carbocycles. The molecule has 2 atom stereocenters. The maximum Gasteiger partial charge on any atom is 0.278 e. The van der Waals surface area contributed by atoms with E-state index in [9.17, 15) is 9.59 Å². The van der Waals surface area contributed by atoms with Crippen molar-refractivity contribution in [3.63, 3.8) is 0 Å². The summed E-state index contributed by atoms with van der Waals surface area (Å²) in [5.74, 6) is 1.17. The lowest BCUT2D eigenvalue weighted by Crippen LogP contribution is -3.16. The molecule has 3 aliphatic rings. The van der Waals surface area contributed by atoms with Gasteiger partial charge in [-0.05, 0) is 45.1 Å². The first kappa shape index (κ1) is 20.8. The Morgan fingerprint density at radius 3 is 2.55 bits per heavy atom. The molecule has 0 radical (unpaired) electrons. The molecule has 29 heavy (non-hydrogen) atoms. The largest absolute Gasteiger partial charge is 0.347 e. The Hall–Kier alpha value is -1.44. The normalized spacial score (nSPS) is 25.6. The van der Waals surface area contributed by atoms with Crippen molar-refractivity contribution in [1.29, 1.82) is 0 Å². The molecule has 2 fully saturated rings. The first-order valence-electron chi connectivity index (χ1n) is 11.1. The molecule has 2 amide bonds. The van der Waals surface area contributed by atoms with Crippen LogP contribution in [0.15, 0.2) is 11.4 Å². The van der Waals surface area contributed by atoms with E-state index in [-0.39, 0.29) is 11.4 Å². The van der Waals surface area contributed by atoms with Crippen LogP contribution in [0.3, 0.4) is 0 Å². The maximum atomic E-state index is 13.0. The molecule has 1 unspecified atom stereocenters. The molecule has 2 aliphatic heterocycles. The second-order valence-electron chi connectivity index (χ2n) is 10.1. The van der Waals surface area contributed by atoms with Gasteiger partial charge < -0.3 is 20.0 Å².